The highest BCUT2D eigenvalue weighted by atomic mass is 32.1. The zero-order valence-electron chi connectivity index (χ0n) is 9.33. The van der Waals surface area contributed by atoms with E-state index in [1.807, 2.05) is 30.3 Å². The molecule has 0 saturated carbocycles. The molecule has 1 aromatic rings. The summed E-state index contributed by atoms with van der Waals surface area (Å²) in [4.78, 5) is 0. The standard InChI is InChI=1S/C10H12N6S2/c11-9(17)15-13-6-8(14-16-10(12)18)7-4-2-1-3-5-7/h1-6H,(H3,11,15,17)(H3,12,16,18)/b13-6-,14-8?. The van der Waals surface area contributed by atoms with Gasteiger partial charge in [0.25, 0.3) is 0 Å². The van der Waals surface area contributed by atoms with Crippen molar-refractivity contribution >= 4 is 46.6 Å². The van der Waals surface area contributed by atoms with Gasteiger partial charge in [0.1, 0.15) is 5.71 Å². The van der Waals surface area contributed by atoms with Crippen molar-refractivity contribution in [1.29, 1.82) is 0 Å². The van der Waals surface area contributed by atoms with Crippen molar-refractivity contribution in [3.8, 4) is 0 Å². The minimum Gasteiger partial charge on any atom is -0.375 e. The second kappa shape index (κ2) is 7.30. The van der Waals surface area contributed by atoms with E-state index in [2.05, 4.69) is 45.5 Å². The SMILES string of the molecule is NC(=S)NN=C(/C=N\NC(N)=S)c1ccccc1. The summed E-state index contributed by atoms with van der Waals surface area (Å²) < 4.78 is 0. The fraction of sp³-hybridized carbons (Fsp3) is 0. The van der Waals surface area contributed by atoms with Crippen LogP contribution in [0, 0.1) is 0 Å². The van der Waals surface area contributed by atoms with Gasteiger partial charge in [-0.3, -0.25) is 10.9 Å². The predicted molar refractivity (Wildman–Crippen MR) is 81.3 cm³/mol. The van der Waals surface area contributed by atoms with Crippen LogP contribution in [0.5, 0.6) is 0 Å². The van der Waals surface area contributed by atoms with Crippen LogP contribution in [-0.4, -0.2) is 22.2 Å². The summed E-state index contributed by atoms with van der Waals surface area (Å²) in [6.45, 7) is 0. The highest BCUT2D eigenvalue weighted by Gasteiger charge is 2.00. The molecule has 0 bridgehead atoms. The predicted octanol–water partition coefficient (Wildman–Crippen LogP) is 0.0429. The summed E-state index contributed by atoms with van der Waals surface area (Å²) in [5.41, 5.74) is 16.9. The van der Waals surface area contributed by atoms with Crippen LogP contribution < -0.4 is 22.3 Å². The van der Waals surface area contributed by atoms with Crippen molar-refractivity contribution in [2.75, 3.05) is 0 Å². The minimum absolute atomic E-state index is 0.0686. The van der Waals surface area contributed by atoms with Crippen LogP contribution in [0.1, 0.15) is 5.56 Å². The third-order valence-corrected chi connectivity index (χ3v) is 1.90. The van der Waals surface area contributed by atoms with E-state index in [9.17, 15) is 0 Å². The highest BCUT2D eigenvalue weighted by molar-refractivity contribution is 7.80. The normalized spacial score (nSPS) is 11.2. The molecule has 1 rings (SSSR count). The quantitative estimate of drug-likeness (QED) is 0.353. The lowest BCUT2D eigenvalue weighted by molar-refractivity contribution is 1.03. The zero-order chi connectivity index (χ0) is 13.4. The van der Waals surface area contributed by atoms with Gasteiger partial charge in [-0.1, -0.05) is 30.3 Å². The number of hydrogen-bond donors (Lipinski definition) is 4. The maximum Gasteiger partial charge on any atom is 0.184 e. The molecule has 0 heterocycles. The Kier molecular flexibility index (Phi) is 5.68. The van der Waals surface area contributed by atoms with Crippen LogP contribution in [0.25, 0.3) is 0 Å². The molecule has 1 aromatic carbocycles. The Labute approximate surface area is 115 Å². The first-order valence-corrected chi connectivity index (χ1v) is 5.68. The van der Waals surface area contributed by atoms with Crippen molar-refractivity contribution in [2.45, 2.75) is 0 Å². The van der Waals surface area contributed by atoms with Crippen LogP contribution >= 0.6 is 24.4 Å². The molecule has 0 atom stereocenters. The number of rotatable bonds is 4. The van der Waals surface area contributed by atoms with E-state index >= 15 is 0 Å². The molecule has 0 aliphatic heterocycles. The molecule has 18 heavy (non-hydrogen) atoms. The number of hydrogen-bond acceptors (Lipinski definition) is 4. The molecule has 0 aliphatic carbocycles. The first-order valence-electron chi connectivity index (χ1n) is 4.86. The monoisotopic (exact) mass is 280 g/mol. The van der Waals surface area contributed by atoms with Gasteiger partial charge < -0.3 is 11.5 Å². The summed E-state index contributed by atoms with van der Waals surface area (Å²) in [5.74, 6) is 0. The summed E-state index contributed by atoms with van der Waals surface area (Å²) in [6.07, 6.45) is 1.46. The van der Waals surface area contributed by atoms with Gasteiger partial charge in [-0.15, -0.1) is 0 Å². The van der Waals surface area contributed by atoms with E-state index < -0.39 is 0 Å². The lowest BCUT2D eigenvalue weighted by Gasteiger charge is -2.02. The molecule has 6 nitrogen and oxygen atoms in total. The van der Waals surface area contributed by atoms with E-state index in [4.69, 9.17) is 11.5 Å². The minimum atomic E-state index is 0.0686. The number of hydrazone groups is 2. The van der Waals surface area contributed by atoms with Gasteiger partial charge in [0.2, 0.25) is 0 Å². The Balaban J connectivity index is 2.89. The molecular weight excluding hydrogens is 268 g/mol. The van der Waals surface area contributed by atoms with Gasteiger partial charge in [0, 0.05) is 5.56 Å². The van der Waals surface area contributed by atoms with Crippen molar-refractivity contribution in [3.63, 3.8) is 0 Å². The van der Waals surface area contributed by atoms with Gasteiger partial charge >= 0.3 is 0 Å². The van der Waals surface area contributed by atoms with Crippen LogP contribution in [0.15, 0.2) is 40.5 Å². The molecule has 0 spiro atoms. The summed E-state index contributed by atoms with van der Waals surface area (Å²) >= 11 is 9.30. The maximum atomic E-state index is 5.31. The first kappa shape index (κ1) is 14.0. The number of benzene rings is 1. The van der Waals surface area contributed by atoms with Gasteiger partial charge in [0.15, 0.2) is 10.2 Å². The average molecular weight is 280 g/mol. The highest BCUT2D eigenvalue weighted by Crippen LogP contribution is 1.99. The second-order valence-corrected chi connectivity index (χ2v) is 3.95. The summed E-state index contributed by atoms with van der Waals surface area (Å²) in [5, 5.41) is 7.99. The Morgan fingerprint density at radius 1 is 1.06 bits per heavy atom. The Morgan fingerprint density at radius 3 is 2.22 bits per heavy atom. The number of nitrogens with zero attached hydrogens (tertiary/aromatic N) is 2. The number of thiocarbonyl (C=S) groups is 2. The topological polar surface area (TPSA) is 101 Å². The van der Waals surface area contributed by atoms with E-state index in [1.165, 1.54) is 6.21 Å². The molecule has 6 N–H and O–H groups in total. The smallest absolute Gasteiger partial charge is 0.184 e. The molecule has 8 heteroatoms. The molecular formula is C10H12N6S2. The van der Waals surface area contributed by atoms with Crippen LogP contribution in [-0.2, 0) is 0 Å². The zero-order valence-corrected chi connectivity index (χ0v) is 11.0. The Morgan fingerprint density at radius 2 is 1.67 bits per heavy atom. The van der Waals surface area contributed by atoms with E-state index in [1.54, 1.807) is 0 Å². The van der Waals surface area contributed by atoms with Crippen LogP contribution in [0.2, 0.25) is 0 Å². The lowest BCUT2D eigenvalue weighted by Crippen LogP contribution is -2.27. The summed E-state index contributed by atoms with van der Waals surface area (Å²) in [6, 6.07) is 9.38. The Hall–Kier alpha value is -2.06. The Bertz CT molecular complexity index is 482. The van der Waals surface area contributed by atoms with Crippen molar-refractivity contribution in [1.82, 2.24) is 10.9 Å². The van der Waals surface area contributed by atoms with Crippen LogP contribution in [0.4, 0.5) is 0 Å². The van der Waals surface area contributed by atoms with Gasteiger partial charge in [-0.2, -0.15) is 10.2 Å². The second-order valence-electron chi connectivity index (χ2n) is 3.07. The first-order chi connectivity index (χ1) is 8.59. The molecule has 0 fully saturated rings. The summed E-state index contributed by atoms with van der Waals surface area (Å²) in [7, 11) is 0. The van der Waals surface area contributed by atoms with Gasteiger partial charge in [0.05, 0.1) is 6.21 Å². The largest absolute Gasteiger partial charge is 0.375 e. The third kappa shape index (κ3) is 5.32. The van der Waals surface area contributed by atoms with E-state index in [0.717, 1.165) is 5.56 Å². The molecule has 0 unspecified atom stereocenters. The fourth-order valence-electron chi connectivity index (χ4n) is 1.05. The van der Waals surface area contributed by atoms with Gasteiger partial charge in [-0.05, 0) is 24.4 Å². The third-order valence-electron chi connectivity index (χ3n) is 1.72. The van der Waals surface area contributed by atoms with Crippen molar-refractivity contribution < 1.29 is 0 Å². The molecule has 0 saturated heterocycles. The lowest BCUT2D eigenvalue weighted by atomic mass is 10.1. The van der Waals surface area contributed by atoms with E-state index in [-0.39, 0.29) is 10.2 Å². The van der Waals surface area contributed by atoms with Crippen LogP contribution in [0.3, 0.4) is 0 Å². The molecule has 94 valence electrons. The van der Waals surface area contributed by atoms with E-state index in [0.29, 0.717) is 5.71 Å². The van der Waals surface area contributed by atoms with Crippen molar-refractivity contribution in [2.24, 2.45) is 21.7 Å². The average Bonchev–Trinajstić information content (AvgIpc) is 2.34. The molecule has 0 aliphatic rings. The number of nitrogens with two attached hydrogens (primary N) is 2. The molecule has 0 amide bonds. The van der Waals surface area contributed by atoms with Crippen molar-refractivity contribution in [3.05, 3.63) is 35.9 Å². The fourth-order valence-corrected chi connectivity index (χ4v) is 1.15. The molecule has 0 radical (unpaired) electrons. The van der Waals surface area contributed by atoms with Gasteiger partial charge in [-0.25, -0.2) is 0 Å². The molecule has 0 aromatic heterocycles. The number of nitrogens with one attached hydrogen (secondary N) is 2. The maximum absolute atomic E-state index is 5.31.